The molecule has 1 fully saturated rings. The second-order valence-electron chi connectivity index (χ2n) is 5.61. The first kappa shape index (κ1) is 12.4. The third kappa shape index (κ3) is 2.30. The molecule has 2 heterocycles. The average Bonchev–Trinajstić information content (AvgIpc) is 3.04. The van der Waals surface area contributed by atoms with Crippen LogP contribution in [0.3, 0.4) is 0 Å². The number of nitrogens with zero attached hydrogens (tertiary/aromatic N) is 3. The Balaban J connectivity index is 1.76. The highest BCUT2D eigenvalue weighted by Crippen LogP contribution is 2.37. The fraction of sp³-hybridized carbons (Fsp3) is 0.571. The molecule has 0 amide bonds. The first-order valence-corrected chi connectivity index (χ1v) is 6.89. The minimum atomic E-state index is 0.0204. The highest BCUT2D eigenvalue weighted by Gasteiger charge is 2.33. The average molecular weight is 260 g/mol. The van der Waals surface area contributed by atoms with Gasteiger partial charge in [-0.1, -0.05) is 18.9 Å². The van der Waals surface area contributed by atoms with Crippen LogP contribution in [0.2, 0.25) is 0 Å². The standard InChI is InChI=1S/C14H20N4O/c1-11-5-4-8-18-12(11)16-13(17-18)15-9-14(10-19)6-2-3-7-14/h4-5,8,19H,2-3,6-7,9-10H2,1H3,(H,15,17). The zero-order valence-electron chi connectivity index (χ0n) is 11.3. The molecule has 2 aromatic heterocycles. The van der Waals surface area contributed by atoms with E-state index < -0.39 is 0 Å². The maximum absolute atomic E-state index is 9.59. The Labute approximate surface area is 112 Å². The van der Waals surface area contributed by atoms with Crippen LogP contribution in [0.4, 0.5) is 5.95 Å². The van der Waals surface area contributed by atoms with Gasteiger partial charge in [-0.15, -0.1) is 5.10 Å². The van der Waals surface area contributed by atoms with E-state index in [4.69, 9.17) is 0 Å². The van der Waals surface area contributed by atoms with Crippen LogP contribution in [0.25, 0.3) is 5.65 Å². The molecule has 3 rings (SSSR count). The number of rotatable bonds is 4. The number of nitrogens with one attached hydrogen (secondary N) is 1. The molecule has 0 bridgehead atoms. The smallest absolute Gasteiger partial charge is 0.243 e. The molecule has 1 saturated carbocycles. The predicted molar refractivity (Wildman–Crippen MR) is 74.2 cm³/mol. The van der Waals surface area contributed by atoms with Crippen LogP contribution in [0, 0.1) is 12.3 Å². The van der Waals surface area contributed by atoms with Crippen LogP contribution in [-0.4, -0.2) is 32.9 Å². The second-order valence-corrected chi connectivity index (χ2v) is 5.61. The van der Waals surface area contributed by atoms with E-state index in [0.29, 0.717) is 5.95 Å². The van der Waals surface area contributed by atoms with Crippen molar-refractivity contribution in [1.82, 2.24) is 14.6 Å². The summed E-state index contributed by atoms with van der Waals surface area (Å²) < 4.78 is 1.79. The fourth-order valence-corrected chi connectivity index (χ4v) is 2.90. The van der Waals surface area contributed by atoms with Gasteiger partial charge in [-0.05, 0) is 31.4 Å². The van der Waals surface area contributed by atoms with Gasteiger partial charge in [0.15, 0.2) is 5.65 Å². The molecule has 0 aromatic carbocycles. The summed E-state index contributed by atoms with van der Waals surface area (Å²) in [4.78, 5) is 4.50. The van der Waals surface area contributed by atoms with Crippen molar-refractivity contribution >= 4 is 11.6 Å². The van der Waals surface area contributed by atoms with Gasteiger partial charge in [-0.25, -0.2) is 4.52 Å². The lowest BCUT2D eigenvalue weighted by Crippen LogP contribution is -2.30. The van der Waals surface area contributed by atoms with E-state index in [-0.39, 0.29) is 12.0 Å². The summed E-state index contributed by atoms with van der Waals surface area (Å²) in [6.45, 7) is 3.02. The van der Waals surface area contributed by atoms with Crippen LogP contribution in [0.15, 0.2) is 18.3 Å². The lowest BCUT2D eigenvalue weighted by Gasteiger charge is -2.26. The van der Waals surface area contributed by atoms with Gasteiger partial charge >= 0.3 is 0 Å². The van der Waals surface area contributed by atoms with Gasteiger partial charge in [0.25, 0.3) is 0 Å². The summed E-state index contributed by atoms with van der Waals surface area (Å²) in [5, 5.41) is 17.3. The van der Waals surface area contributed by atoms with Gasteiger partial charge in [0.1, 0.15) is 0 Å². The Kier molecular flexibility index (Phi) is 3.14. The van der Waals surface area contributed by atoms with Crippen LogP contribution in [-0.2, 0) is 0 Å². The third-order valence-electron chi connectivity index (χ3n) is 4.18. The highest BCUT2D eigenvalue weighted by atomic mass is 16.3. The Bertz CT molecular complexity index is 572. The second kappa shape index (κ2) is 4.81. The summed E-state index contributed by atoms with van der Waals surface area (Å²) >= 11 is 0. The Hall–Kier alpha value is -1.62. The molecule has 2 aromatic rings. The first-order valence-electron chi connectivity index (χ1n) is 6.89. The molecule has 5 nitrogen and oxygen atoms in total. The van der Waals surface area contributed by atoms with Gasteiger partial charge in [0.2, 0.25) is 5.95 Å². The van der Waals surface area contributed by atoms with E-state index in [1.54, 1.807) is 4.52 Å². The van der Waals surface area contributed by atoms with Crippen molar-refractivity contribution in [2.45, 2.75) is 32.6 Å². The van der Waals surface area contributed by atoms with E-state index >= 15 is 0 Å². The molecule has 0 atom stereocenters. The minimum absolute atomic E-state index is 0.0204. The van der Waals surface area contributed by atoms with Gasteiger partial charge in [-0.3, -0.25) is 0 Å². The number of aromatic nitrogens is 3. The number of aliphatic hydroxyl groups is 1. The van der Waals surface area contributed by atoms with Gasteiger partial charge < -0.3 is 10.4 Å². The maximum atomic E-state index is 9.59. The molecule has 0 aliphatic heterocycles. The largest absolute Gasteiger partial charge is 0.396 e. The molecule has 1 aliphatic carbocycles. The SMILES string of the molecule is Cc1cccn2nc(NCC3(CO)CCCC3)nc12. The van der Waals surface area contributed by atoms with E-state index in [0.717, 1.165) is 30.6 Å². The van der Waals surface area contributed by atoms with Crippen molar-refractivity contribution in [2.24, 2.45) is 5.41 Å². The number of hydrogen-bond acceptors (Lipinski definition) is 4. The van der Waals surface area contributed by atoms with Gasteiger partial charge in [-0.2, -0.15) is 4.98 Å². The molecule has 0 spiro atoms. The van der Waals surface area contributed by atoms with E-state index in [1.165, 1.54) is 12.8 Å². The Morgan fingerprint density at radius 1 is 1.42 bits per heavy atom. The van der Waals surface area contributed by atoms with Crippen LogP contribution in [0.5, 0.6) is 0 Å². The van der Waals surface area contributed by atoms with E-state index in [2.05, 4.69) is 15.4 Å². The number of pyridine rings is 1. The monoisotopic (exact) mass is 260 g/mol. The number of anilines is 1. The molecule has 2 N–H and O–H groups in total. The lowest BCUT2D eigenvalue weighted by atomic mass is 9.87. The number of aliphatic hydroxyl groups excluding tert-OH is 1. The molecule has 19 heavy (non-hydrogen) atoms. The number of aryl methyl sites for hydroxylation is 1. The summed E-state index contributed by atoms with van der Waals surface area (Å²) in [7, 11) is 0. The molecular weight excluding hydrogens is 240 g/mol. The first-order chi connectivity index (χ1) is 9.22. The maximum Gasteiger partial charge on any atom is 0.243 e. The van der Waals surface area contributed by atoms with E-state index in [9.17, 15) is 5.11 Å². The number of fused-ring (bicyclic) bond motifs is 1. The van der Waals surface area contributed by atoms with Gasteiger partial charge in [0, 0.05) is 18.2 Å². The molecule has 0 saturated heterocycles. The van der Waals surface area contributed by atoms with Crippen molar-refractivity contribution in [3.8, 4) is 0 Å². The van der Waals surface area contributed by atoms with E-state index in [1.807, 2.05) is 25.3 Å². The number of hydrogen-bond donors (Lipinski definition) is 2. The molecule has 102 valence electrons. The summed E-state index contributed by atoms with van der Waals surface area (Å²) in [5.74, 6) is 0.647. The quantitative estimate of drug-likeness (QED) is 0.882. The van der Waals surface area contributed by atoms with Crippen molar-refractivity contribution in [3.05, 3.63) is 23.9 Å². The highest BCUT2D eigenvalue weighted by molar-refractivity contribution is 5.49. The molecule has 0 unspecified atom stereocenters. The molecular formula is C14H20N4O. The van der Waals surface area contributed by atoms with Crippen LogP contribution < -0.4 is 5.32 Å². The summed E-state index contributed by atoms with van der Waals surface area (Å²) in [6.07, 6.45) is 6.49. The summed E-state index contributed by atoms with van der Waals surface area (Å²) in [5.41, 5.74) is 2.02. The van der Waals surface area contributed by atoms with Crippen LogP contribution >= 0.6 is 0 Å². The van der Waals surface area contributed by atoms with Crippen molar-refractivity contribution in [3.63, 3.8) is 0 Å². The van der Waals surface area contributed by atoms with Crippen molar-refractivity contribution in [1.29, 1.82) is 0 Å². The predicted octanol–water partition coefficient (Wildman–Crippen LogP) is 2.00. The fourth-order valence-electron chi connectivity index (χ4n) is 2.90. The molecule has 1 aliphatic rings. The Morgan fingerprint density at radius 3 is 2.89 bits per heavy atom. The Morgan fingerprint density at radius 2 is 2.21 bits per heavy atom. The lowest BCUT2D eigenvalue weighted by molar-refractivity contribution is 0.142. The minimum Gasteiger partial charge on any atom is -0.396 e. The molecule has 5 heteroatoms. The topological polar surface area (TPSA) is 62.5 Å². The third-order valence-corrected chi connectivity index (χ3v) is 4.18. The van der Waals surface area contributed by atoms with Crippen molar-refractivity contribution in [2.75, 3.05) is 18.5 Å². The van der Waals surface area contributed by atoms with Crippen LogP contribution in [0.1, 0.15) is 31.2 Å². The summed E-state index contributed by atoms with van der Waals surface area (Å²) in [6, 6.07) is 3.99. The molecule has 0 radical (unpaired) electrons. The van der Waals surface area contributed by atoms with Crippen molar-refractivity contribution < 1.29 is 5.11 Å². The van der Waals surface area contributed by atoms with Gasteiger partial charge in [0.05, 0.1) is 6.61 Å². The normalized spacial score (nSPS) is 18.0. The zero-order valence-corrected chi connectivity index (χ0v) is 11.3. The zero-order chi connectivity index (χ0) is 13.3.